The highest BCUT2D eigenvalue weighted by atomic mass is 35.5. The molecular weight excluding hydrogens is 338 g/mol. The molecule has 5 nitrogen and oxygen atoms in total. The van der Waals surface area contributed by atoms with Gasteiger partial charge in [-0.25, -0.2) is 0 Å². The third kappa shape index (κ3) is 3.67. The minimum Gasteiger partial charge on any atom is -0.352 e. The number of benzene rings is 1. The zero-order chi connectivity index (χ0) is 17.4. The summed E-state index contributed by atoms with van der Waals surface area (Å²) in [4.78, 5) is 26.9. The summed E-state index contributed by atoms with van der Waals surface area (Å²) in [6.45, 7) is 2.31. The highest BCUT2D eigenvalue weighted by Gasteiger charge is 2.42. The maximum atomic E-state index is 12.5. The first-order valence-electron chi connectivity index (χ1n) is 9.20. The van der Waals surface area contributed by atoms with Gasteiger partial charge in [0.25, 0.3) is 0 Å². The highest BCUT2D eigenvalue weighted by Crippen LogP contribution is 2.41. The molecule has 4 rings (SSSR count). The monoisotopic (exact) mass is 361 g/mol. The molecular formula is C19H24ClN3O2. The number of carbonyl (C=O) groups excluding carboxylic acids is 2. The number of hydrogen-bond acceptors (Lipinski definition) is 3. The number of nitrogens with zero attached hydrogens (tertiary/aromatic N) is 1. The Bertz CT molecular complexity index is 657. The van der Waals surface area contributed by atoms with E-state index in [2.05, 4.69) is 10.6 Å². The molecule has 4 atom stereocenters. The van der Waals surface area contributed by atoms with Crippen molar-refractivity contribution >= 4 is 23.4 Å². The minimum absolute atomic E-state index is 0.0747. The lowest BCUT2D eigenvalue weighted by molar-refractivity contribution is -0.132. The number of amides is 2. The van der Waals surface area contributed by atoms with Gasteiger partial charge in [-0.2, -0.15) is 0 Å². The lowest BCUT2D eigenvalue weighted by atomic mass is 10.0. The highest BCUT2D eigenvalue weighted by molar-refractivity contribution is 6.30. The van der Waals surface area contributed by atoms with E-state index in [1.807, 2.05) is 29.2 Å². The normalized spacial score (nSPS) is 31.2. The molecule has 1 aliphatic carbocycles. The molecule has 25 heavy (non-hydrogen) atoms. The van der Waals surface area contributed by atoms with Gasteiger partial charge in [0.15, 0.2) is 0 Å². The Hall–Kier alpha value is -1.59. The average molecular weight is 362 g/mol. The van der Waals surface area contributed by atoms with E-state index in [0.717, 1.165) is 37.4 Å². The first-order valence-corrected chi connectivity index (χ1v) is 9.57. The van der Waals surface area contributed by atoms with Crippen molar-refractivity contribution in [2.24, 2.45) is 5.92 Å². The van der Waals surface area contributed by atoms with Gasteiger partial charge in [-0.15, -0.1) is 0 Å². The number of hydrogen-bond donors (Lipinski definition) is 2. The van der Waals surface area contributed by atoms with Crippen molar-refractivity contribution in [1.82, 2.24) is 15.5 Å². The molecule has 0 bridgehead atoms. The van der Waals surface area contributed by atoms with Crippen LogP contribution in [0.15, 0.2) is 24.3 Å². The van der Waals surface area contributed by atoms with Crippen molar-refractivity contribution in [2.75, 3.05) is 19.6 Å². The SMILES string of the molecule is O=C(N[C@H]1CC1c1ccc(Cl)cc1)[C@@H]1CN[C@H](C(=O)N2CCCC2)C1. The summed E-state index contributed by atoms with van der Waals surface area (Å²) in [6, 6.07) is 7.86. The third-order valence-electron chi connectivity index (χ3n) is 5.63. The van der Waals surface area contributed by atoms with Crippen LogP contribution in [-0.4, -0.2) is 48.4 Å². The van der Waals surface area contributed by atoms with Crippen molar-refractivity contribution in [3.05, 3.63) is 34.9 Å². The number of halogens is 1. The maximum Gasteiger partial charge on any atom is 0.239 e. The second-order valence-corrected chi connectivity index (χ2v) is 7.87. The van der Waals surface area contributed by atoms with Crippen LogP contribution in [0, 0.1) is 5.92 Å². The molecule has 3 aliphatic rings. The van der Waals surface area contributed by atoms with Gasteiger partial charge in [-0.1, -0.05) is 23.7 Å². The predicted octanol–water partition coefficient (Wildman–Crippen LogP) is 1.91. The summed E-state index contributed by atoms with van der Waals surface area (Å²) in [5, 5.41) is 7.12. The van der Waals surface area contributed by atoms with Gasteiger partial charge in [0.2, 0.25) is 11.8 Å². The summed E-state index contributed by atoms with van der Waals surface area (Å²) in [6.07, 6.45) is 3.77. The molecule has 134 valence electrons. The van der Waals surface area contributed by atoms with E-state index in [0.29, 0.717) is 18.9 Å². The molecule has 6 heteroatoms. The average Bonchev–Trinajstić information content (AvgIpc) is 3.06. The van der Waals surface area contributed by atoms with Crippen LogP contribution >= 0.6 is 11.6 Å². The van der Waals surface area contributed by atoms with E-state index >= 15 is 0 Å². The van der Waals surface area contributed by atoms with Crippen molar-refractivity contribution in [2.45, 2.75) is 43.7 Å². The van der Waals surface area contributed by atoms with E-state index in [1.165, 1.54) is 5.56 Å². The molecule has 1 aromatic carbocycles. The van der Waals surface area contributed by atoms with Crippen LogP contribution in [0.4, 0.5) is 0 Å². The molecule has 2 aliphatic heterocycles. The fraction of sp³-hybridized carbons (Fsp3) is 0.579. The first-order chi connectivity index (χ1) is 12.1. The van der Waals surface area contributed by atoms with Crippen molar-refractivity contribution in [1.29, 1.82) is 0 Å². The number of nitrogens with one attached hydrogen (secondary N) is 2. The Morgan fingerprint density at radius 2 is 1.84 bits per heavy atom. The third-order valence-corrected chi connectivity index (χ3v) is 5.89. The van der Waals surface area contributed by atoms with Crippen LogP contribution in [0.2, 0.25) is 5.02 Å². The second-order valence-electron chi connectivity index (χ2n) is 7.43. The summed E-state index contributed by atoms with van der Waals surface area (Å²) < 4.78 is 0. The van der Waals surface area contributed by atoms with E-state index in [4.69, 9.17) is 11.6 Å². The van der Waals surface area contributed by atoms with Gasteiger partial charge in [0.05, 0.1) is 12.0 Å². The lowest BCUT2D eigenvalue weighted by Crippen LogP contribution is -2.42. The summed E-state index contributed by atoms with van der Waals surface area (Å²) in [5.41, 5.74) is 1.22. The predicted molar refractivity (Wildman–Crippen MR) is 96.5 cm³/mol. The molecule has 2 saturated heterocycles. The van der Waals surface area contributed by atoms with E-state index < -0.39 is 0 Å². The van der Waals surface area contributed by atoms with Crippen LogP contribution < -0.4 is 10.6 Å². The summed E-state index contributed by atoms with van der Waals surface area (Å²) in [5.74, 6) is 0.518. The van der Waals surface area contributed by atoms with Gasteiger partial charge in [-0.05, 0) is 43.4 Å². The number of carbonyl (C=O) groups is 2. The van der Waals surface area contributed by atoms with Crippen molar-refractivity contribution in [3.8, 4) is 0 Å². The summed E-state index contributed by atoms with van der Waals surface area (Å²) in [7, 11) is 0. The Morgan fingerprint density at radius 1 is 1.12 bits per heavy atom. The molecule has 3 fully saturated rings. The smallest absolute Gasteiger partial charge is 0.239 e. The molecule has 0 radical (unpaired) electrons. The molecule has 2 amide bonds. The van der Waals surface area contributed by atoms with E-state index in [1.54, 1.807) is 0 Å². The van der Waals surface area contributed by atoms with Gasteiger partial charge in [0.1, 0.15) is 0 Å². The van der Waals surface area contributed by atoms with Crippen LogP contribution in [0.5, 0.6) is 0 Å². The van der Waals surface area contributed by atoms with Gasteiger partial charge in [0, 0.05) is 36.6 Å². The zero-order valence-corrected chi connectivity index (χ0v) is 15.0. The Morgan fingerprint density at radius 3 is 2.56 bits per heavy atom. The molecule has 0 aromatic heterocycles. The van der Waals surface area contributed by atoms with E-state index in [9.17, 15) is 9.59 Å². The lowest BCUT2D eigenvalue weighted by Gasteiger charge is -2.19. The molecule has 2 N–H and O–H groups in total. The van der Waals surface area contributed by atoms with Gasteiger partial charge in [-0.3, -0.25) is 9.59 Å². The molecule has 1 unspecified atom stereocenters. The van der Waals surface area contributed by atoms with E-state index in [-0.39, 0.29) is 29.8 Å². The molecule has 1 aromatic rings. The van der Waals surface area contributed by atoms with Crippen LogP contribution in [0.1, 0.15) is 37.2 Å². The fourth-order valence-electron chi connectivity index (χ4n) is 4.01. The van der Waals surface area contributed by atoms with Gasteiger partial charge < -0.3 is 15.5 Å². The molecule has 1 saturated carbocycles. The quantitative estimate of drug-likeness (QED) is 0.861. The Balaban J connectivity index is 1.27. The topological polar surface area (TPSA) is 61.4 Å². The second kappa shape index (κ2) is 6.96. The van der Waals surface area contributed by atoms with Crippen LogP contribution in [0.25, 0.3) is 0 Å². The van der Waals surface area contributed by atoms with Gasteiger partial charge >= 0.3 is 0 Å². The Labute approximate surface area is 153 Å². The minimum atomic E-state index is -0.194. The van der Waals surface area contributed by atoms with Crippen molar-refractivity contribution < 1.29 is 9.59 Å². The fourth-order valence-corrected chi connectivity index (χ4v) is 4.14. The number of likely N-dealkylation sites (tertiary alicyclic amines) is 1. The summed E-state index contributed by atoms with van der Waals surface area (Å²) >= 11 is 5.92. The Kier molecular flexibility index (Phi) is 4.69. The van der Waals surface area contributed by atoms with Crippen LogP contribution in [-0.2, 0) is 9.59 Å². The standard InChI is InChI=1S/C19H24ClN3O2/c20-14-5-3-12(4-6-14)15-10-16(15)22-18(24)13-9-17(21-11-13)19(25)23-7-1-2-8-23/h3-6,13,15-17,21H,1-2,7-11H2,(H,22,24)/t13-,15?,16-,17-/m0/s1. The van der Waals surface area contributed by atoms with Crippen molar-refractivity contribution in [3.63, 3.8) is 0 Å². The molecule has 0 spiro atoms. The number of rotatable bonds is 4. The van der Waals surface area contributed by atoms with Crippen LogP contribution in [0.3, 0.4) is 0 Å². The molecule has 2 heterocycles. The largest absolute Gasteiger partial charge is 0.352 e. The first kappa shape index (κ1) is 16.9. The maximum absolute atomic E-state index is 12.5. The zero-order valence-electron chi connectivity index (χ0n) is 14.2.